The SMILES string of the molecule is COC(=O)C[C@H]1S[C@@H](C(=O)OC)[C@H](C(=O)OC)C1=O. The predicted octanol–water partition coefficient (Wildman–Crippen LogP) is -0.435. The van der Waals surface area contributed by atoms with E-state index in [-0.39, 0.29) is 6.42 Å². The van der Waals surface area contributed by atoms with E-state index in [1.807, 2.05) is 0 Å². The molecule has 0 amide bonds. The van der Waals surface area contributed by atoms with Crippen molar-refractivity contribution in [2.75, 3.05) is 21.3 Å². The molecule has 8 heteroatoms. The van der Waals surface area contributed by atoms with E-state index >= 15 is 0 Å². The molecule has 1 aliphatic heterocycles. The molecule has 0 N–H and O–H groups in total. The highest BCUT2D eigenvalue weighted by atomic mass is 32.2. The van der Waals surface area contributed by atoms with Crippen molar-refractivity contribution in [3.8, 4) is 0 Å². The number of rotatable bonds is 4. The van der Waals surface area contributed by atoms with Crippen LogP contribution in [0.3, 0.4) is 0 Å². The minimum absolute atomic E-state index is 0.193. The van der Waals surface area contributed by atoms with E-state index in [2.05, 4.69) is 14.2 Å². The molecular weight excluding hydrogens is 276 g/mol. The third-order valence-corrected chi connectivity index (χ3v) is 4.19. The van der Waals surface area contributed by atoms with Crippen molar-refractivity contribution in [2.24, 2.45) is 5.92 Å². The van der Waals surface area contributed by atoms with Gasteiger partial charge in [0.15, 0.2) is 5.78 Å². The van der Waals surface area contributed by atoms with E-state index < -0.39 is 40.1 Å². The molecule has 0 saturated carbocycles. The molecule has 0 radical (unpaired) electrons. The van der Waals surface area contributed by atoms with Gasteiger partial charge in [-0.25, -0.2) is 0 Å². The number of ketones is 1. The molecule has 0 aromatic heterocycles. The van der Waals surface area contributed by atoms with Crippen LogP contribution in [0.15, 0.2) is 0 Å². The van der Waals surface area contributed by atoms with Crippen LogP contribution in [-0.4, -0.2) is 55.5 Å². The highest BCUT2D eigenvalue weighted by molar-refractivity contribution is 8.02. The van der Waals surface area contributed by atoms with Crippen LogP contribution in [0.25, 0.3) is 0 Å². The van der Waals surface area contributed by atoms with Crippen molar-refractivity contribution in [3.63, 3.8) is 0 Å². The van der Waals surface area contributed by atoms with Gasteiger partial charge in [0, 0.05) is 0 Å². The van der Waals surface area contributed by atoms with Crippen molar-refractivity contribution < 1.29 is 33.4 Å². The van der Waals surface area contributed by atoms with E-state index in [0.717, 1.165) is 26.0 Å². The number of carbonyl (C=O) groups is 4. The molecule has 0 spiro atoms. The molecule has 0 bridgehead atoms. The van der Waals surface area contributed by atoms with E-state index in [4.69, 9.17) is 0 Å². The van der Waals surface area contributed by atoms with E-state index in [0.29, 0.717) is 0 Å². The first kappa shape index (κ1) is 15.5. The zero-order valence-electron chi connectivity index (χ0n) is 10.7. The van der Waals surface area contributed by atoms with Crippen molar-refractivity contribution in [2.45, 2.75) is 16.9 Å². The maximum atomic E-state index is 12.1. The molecule has 106 valence electrons. The molecule has 0 aromatic carbocycles. The Balaban J connectivity index is 2.92. The fourth-order valence-electron chi connectivity index (χ4n) is 1.73. The minimum atomic E-state index is -1.24. The number of Topliss-reactive ketones (excluding diaryl/α,β-unsaturated/α-hetero) is 1. The number of carbonyl (C=O) groups excluding carboxylic acids is 4. The molecular formula is C11H14O7S. The van der Waals surface area contributed by atoms with Crippen LogP contribution in [0.1, 0.15) is 6.42 Å². The lowest BCUT2D eigenvalue weighted by Gasteiger charge is -2.12. The van der Waals surface area contributed by atoms with Gasteiger partial charge in [-0.3, -0.25) is 19.2 Å². The quantitative estimate of drug-likeness (QED) is 0.391. The summed E-state index contributed by atoms with van der Waals surface area (Å²) in [7, 11) is 3.49. The zero-order chi connectivity index (χ0) is 14.6. The molecule has 1 aliphatic rings. The first-order valence-electron chi connectivity index (χ1n) is 5.37. The number of hydrogen-bond donors (Lipinski definition) is 0. The van der Waals surface area contributed by atoms with Crippen LogP contribution in [0.5, 0.6) is 0 Å². The Morgan fingerprint density at radius 1 is 1.05 bits per heavy atom. The van der Waals surface area contributed by atoms with Crippen molar-refractivity contribution in [3.05, 3.63) is 0 Å². The highest BCUT2D eigenvalue weighted by Crippen LogP contribution is 2.38. The number of methoxy groups -OCH3 is 3. The van der Waals surface area contributed by atoms with Gasteiger partial charge in [0.2, 0.25) is 0 Å². The smallest absolute Gasteiger partial charge is 0.320 e. The minimum Gasteiger partial charge on any atom is -0.469 e. The van der Waals surface area contributed by atoms with Crippen LogP contribution in [0.2, 0.25) is 0 Å². The largest absolute Gasteiger partial charge is 0.469 e. The summed E-state index contributed by atoms with van der Waals surface area (Å²) in [4.78, 5) is 46.4. The van der Waals surface area contributed by atoms with Crippen molar-refractivity contribution in [1.82, 2.24) is 0 Å². The van der Waals surface area contributed by atoms with Gasteiger partial charge in [-0.05, 0) is 0 Å². The van der Waals surface area contributed by atoms with Crippen LogP contribution in [-0.2, 0) is 33.4 Å². The van der Waals surface area contributed by atoms with Gasteiger partial charge in [-0.2, -0.15) is 0 Å². The Morgan fingerprint density at radius 3 is 2.11 bits per heavy atom. The second-order valence-corrected chi connectivity index (χ2v) is 5.10. The second kappa shape index (κ2) is 6.55. The van der Waals surface area contributed by atoms with Gasteiger partial charge < -0.3 is 14.2 Å². The maximum absolute atomic E-state index is 12.1. The summed E-state index contributed by atoms with van der Waals surface area (Å²) >= 11 is 0.921. The Morgan fingerprint density at radius 2 is 1.63 bits per heavy atom. The average molecular weight is 290 g/mol. The topological polar surface area (TPSA) is 96.0 Å². The van der Waals surface area contributed by atoms with Crippen molar-refractivity contribution >= 4 is 35.5 Å². The van der Waals surface area contributed by atoms with Gasteiger partial charge in [-0.1, -0.05) is 0 Å². The molecule has 1 rings (SSSR count). The summed E-state index contributed by atoms with van der Waals surface area (Å²) in [6.45, 7) is 0. The van der Waals surface area contributed by atoms with Crippen LogP contribution < -0.4 is 0 Å². The fourth-order valence-corrected chi connectivity index (χ4v) is 3.21. The first-order chi connectivity index (χ1) is 8.96. The normalized spacial score (nSPS) is 25.8. The van der Waals surface area contributed by atoms with Crippen LogP contribution in [0.4, 0.5) is 0 Å². The van der Waals surface area contributed by atoms with Crippen LogP contribution >= 0.6 is 11.8 Å². The lowest BCUT2D eigenvalue weighted by molar-refractivity contribution is -0.154. The molecule has 3 atom stereocenters. The Labute approximate surface area is 113 Å². The Bertz CT molecular complexity index is 406. The molecule has 0 aromatic rings. The predicted molar refractivity (Wildman–Crippen MR) is 64.3 cm³/mol. The van der Waals surface area contributed by atoms with Gasteiger partial charge in [0.05, 0.1) is 33.0 Å². The zero-order valence-corrected chi connectivity index (χ0v) is 11.5. The second-order valence-electron chi connectivity index (χ2n) is 3.75. The molecule has 19 heavy (non-hydrogen) atoms. The van der Waals surface area contributed by atoms with Gasteiger partial charge in [-0.15, -0.1) is 11.8 Å². The Hall–Kier alpha value is -1.57. The van der Waals surface area contributed by atoms with Gasteiger partial charge >= 0.3 is 17.9 Å². The molecule has 0 aliphatic carbocycles. The third kappa shape index (κ3) is 3.25. The standard InChI is InChI=1S/C11H14O7S/c1-16-6(12)4-5-8(13)7(10(14)17-2)9(19-5)11(15)18-3/h5,7,9H,4H2,1-3H3/t5-,7-,9-/m1/s1. The van der Waals surface area contributed by atoms with E-state index in [1.165, 1.54) is 7.11 Å². The summed E-state index contributed by atoms with van der Waals surface area (Å²) in [5.41, 5.74) is 0. The molecule has 1 saturated heterocycles. The van der Waals surface area contributed by atoms with Crippen LogP contribution in [0, 0.1) is 5.92 Å². The summed E-state index contributed by atoms with van der Waals surface area (Å²) in [6.07, 6.45) is -0.193. The molecule has 1 fully saturated rings. The molecule has 0 unspecified atom stereocenters. The lowest BCUT2D eigenvalue weighted by Crippen LogP contribution is -2.35. The van der Waals surface area contributed by atoms with Crippen molar-refractivity contribution in [1.29, 1.82) is 0 Å². The number of hydrogen-bond acceptors (Lipinski definition) is 8. The molecule has 7 nitrogen and oxygen atoms in total. The Kier molecular flexibility index (Phi) is 5.34. The summed E-state index contributed by atoms with van der Waals surface area (Å²) in [5, 5.41) is -1.79. The summed E-state index contributed by atoms with van der Waals surface area (Å²) in [5.74, 6) is -3.84. The van der Waals surface area contributed by atoms with E-state index in [1.54, 1.807) is 0 Å². The van der Waals surface area contributed by atoms with Gasteiger partial charge in [0.1, 0.15) is 11.2 Å². The summed E-state index contributed by atoms with van der Waals surface area (Å²) in [6, 6.07) is 0. The summed E-state index contributed by atoms with van der Waals surface area (Å²) < 4.78 is 13.5. The first-order valence-corrected chi connectivity index (χ1v) is 6.32. The van der Waals surface area contributed by atoms with Gasteiger partial charge in [0.25, 0.3) is 0 Å². The number of ether oxygens (including phenoxy) is 3. The lowest BCUT2D eigenvalue weighted by atomic mass is 9.97. The fraction of sp³-hybridized carbons (Fsp3) is 0.636. The number of esters is 3. The maximum Gasteiger partial charge on any atom is 0.320 e. The molecule has 1 heterocycles. The van der Waals surface area contributed by atoms with E-state index in [9.17, 15) is 19.2 Å². The average Bonchev–Trinajstić information content (AvgIpc) is 2.74. The highest BCUT2D eigenvalue weighted by Gasteiger charge is 2.52. The third-order valence-electron chi connectivity index (χ3n) is 2.71. The number of thioether (sulfide) groups is 1. The monoisotopic (exact) mass is 290 g/mol.